The van der Waals surface area contributed by atoms with Gasteiger partial charge < -0.3 is 24.8 Å². The predicted molar refractivity (Wildman–Crippen MR) is 159 cm³/mol. The van der Waals surface area contributed by atoms with E-state index in [1.165, 1.54) is 4.90 Å². The zero-order chi connectivity index (χ0) is 29.9. The lowest BCUT2D eigenvalue weighted by molar-refractivity contribution is -0.151. The van der Waals surface area contributed by atoms with Gasteiger partial charge in [-0.25, -0.2) is 4.79 Å². The number of alkyl carbamates (subject to hydrolysis) is 1. The first kappa shape index (κ1) is 29.3. The Labute approximate surface area is 246 Å². The van der Waals surface area contributed by atoms with Gasteiger partial charge in [-0.2, -0.15) is 0 Å². The first-order valence-electron chi connectivity index (χ1n) is 14.5. The number of ether oxygens (including phenoxy) is 2. The quantitative estimate of drug-likeness (QED) is 0.336. The molecule has 8 nitrogen and oxygen atoms in total. The van der Waals surface area contributed by atoms with Crippen LogP contribution in [0.15, 0.2) is 78.9 Å². The van der Waals surface area contributed by atoms with Crippen LogP contribution in [0.3, 0.4) is 0 Å². The molecule has 1 aliphatic carbocycles. The molecule has 1 unspecified atom stereocenters. The van der Waals surface area contributed by atoms with E-state index in [1.807, 2.05) is 80.6 Å². The summed E-state index contributed by atoms with van der Waals surface area (Å²) in [4.78, 5) is 40.8. The van der Waals surface area contributed by atoms with Crippen LogP contribution in [0.5, 0.6) is 0 Å². The van der Waals surface area contributed by atoms with Gasteiger partial charge in [0.2, 0.25) is 5.91 Å². The van der Waals surface area contributed by atoms with Crippen LogP contribution in [-0.4, -0.2) is 59.8 Å². The molecule has 0 saturated carbocycles. The van der Waals surface area contributed by atoms with Crippen molar-refractivity contribution < 1.29 is 29.0 Å². The summed E-state index contributed by atoms with van der Waals surface area (Å²) in [6, 6.07) is 24.7. The van der Waals surface area contributed by atoms with Crippen LogP contribution in [0, 0.1) is 11.3 Å². The number of carboxylic acids is 1. The summed E-state index contributed by atoms with van der Waals surface area (Å²) < 4.78 is 11.8. The number of carboxylic acid groups (broad SMARTS) is 1. The number of aliphatic carboxylic acids is 1. The Balaban J connectivity index is 1.30. The number of rotatable bonds is 10. The highest BCUT2D eigenvalue weighted by Gasteiger charge is 2.50. The minimum absolute atomic E-state index is 0.0765. The molecule has 2 amide bonds. The molecule has 1 fully saturated rings. The molecule has 8 heteroatoms. The third kappa shape index (κ3) is 5.77. The van der Waals surface area contributed by atoms with E-state index in [4.69, 9.17) is 9.47 Å². The van der Waals surface area contributed by atoms with Crippen LogP contribution in [0.1, 0.15) is 49.8 Å². The molecule has 220 valence electrons. The molecule has 1 aliphatic heterocycles. The van der Waals surface area contributed by atoms with E-state index in [0.717, 1.165) is 27.8 Å². The fourth-order valence-electron chi connectivity index (χ4n) is 6.16. The molecule has 3 atom stereocenters. The largest absolute Gasteiger partial charge is 0.481 e. The van der Waals surface area contributed by atoms with Crippen LogP contribution < -0.4 is 5.32 Å². The van der Waals surface area contributed by atoms with E-state index in [1.54, 1.807) is 6.92 Å². The summed E-state index contributed by atoms with van der Waals surface area (Å²) in [5, 5.41) is 12.8. The maximum atomic E-state index is 13.8. The average molecular weight is 571 g/mol. The zero-order valence-corrected chi connectivity index (χ0v) is 24.3. The number of fused-ring (bicyclic) bond motifs is 3. The van der Waals surface area contributed by atoms with Gasteiger partial charge in [0.05, 0.1) is 18.1 Å². The molecule has 1 heterocycles. The summed E-state index contributed by atoms with van der Waals surface area (Å²) in [5.41, 5.74) is 4.34. The van der Waals surface area contributed by atoms with Gasteiger partial charge in [-0.15, -0.1) is 0 Å². The average Bonchev–Trinajstić information content (AvgIpc) is 3.59. The van der Waals surface area contributed by atoms with Gasteiger partial charge in [-0.3, -0.25) is 9.59 Å². The minimum atomic E-state index is -1.05. The highest BCUT2D eigenvalue weighted by Crippen LogP contribution is 2.44. The second-order valence-corrected chi connectivity index (χ2v) is 11.6. The molecule has 1 saturated heterocycles. The molecule has 0 spiro atoms. The Kier molecular flexibility index (Phi) is 8.64. The highest BCUT2D eigenvalue weighted by atomic mass is 16.5. The smallest absolute Gasteiger partial charge is 0.407 e. The highest BCUT2D eigenvalue weighted by molar-refractivity contribution is 5.88. The molecular weight excluding hydrogens is 532 g/mol. The lowest BCUT2D eigenvalue weighted by Gasteiger charge is -2.31. The zero-order valence-electron chi connectivity index (χ0n) is 24.3. The third-order valence-electron chi connectivity index (χ3n) is 8.85. The van der Waals surface area contributed by atoms with Crippen LogP contribution in [0.4, 0.5) is 4.79 Å². The number of benzene rings is 3. The molecular formula is C34H38N2O6. The van der Waals surface area contributed by atoms with E-state index in [9.17, 15) is 19.5 Å². The van der Waals surface area contributed by atoms with Gasteiger partial charge in [-0.1, -0.05) is 92.7 Å². The number of carbonyl (C=O) groups is 3. The normalized spacial score (nSPS) is 19.2. The lowest BCUT2D eigenvalue weighted by Crippen LogP contribution is -2.54. The number of amides is 2. The van der Waals surface area contributed by atoms with E-state index >= 15 is 0 Å². The van der Waals surface area contributed by atoms with Crippen molar-refractivity contribution in [3.8, 4) is 11.1 Å². The number of likely N-dealkylation sites (tertiary alicyclic amines) is 1. The summed E-state index contributed by atoms with van der Waals surface area (Å²) in [5.74, 6) is -1.58. The molecule has 5 rings (SSSR count). The topological polar surface area (TPSA) is 105 Å². The first-order valence-corrected chi connectivity index (χ1v) is 14.5. The maximum Gasteiger partial charge on any atom is 0.407 e. The van der Waals surface area contributed by atoms with Gasteiger partial charge in [0.25, 0.3) is 0 Å². The van der Waals surface area contributed by atoms with Crippen molar-refractivity contribution >= 4 is 18.0 Å². The van der Waals surface area contributed by atoms with Gasteiger partial charge in [0.15, 0.2) is 0 Å². The van der Waals surface area contributed by atoms with Crippen molar-refractivity contribution in [3.05, 3.63) is 95.6 Å². The molecule has 42 heavy (non-hydrogen) atoms. The van der Waals surface area contributed by atoms with Crippen LogP contribution in [-0.2, 0) is 25.7 Å². The Bertz CT molecular complexity index is 1400. The van der Waals surface area contributed by atoms with Gasteiger partial charge in [0.1, 0.15) is 12.6 Å². The van der Waals surface area contributed by atoms with Crippen molar-refractivity contribution in [3.63, 3.8) is 0 Å². The van der Waals surface area contributed by atoms with Gasteiger partial charge in [0, 0.05) is 19.0 Å². The van der Waals surface area contributed by atoms with Gasteiger partial charge in [-0.05, 0) is 47.1 Å². The number of carbonyl (C=O) groups excluding carboxylic acids is 2. The Morgan fingerprint density at radius 1 is 0.929 bits per heavy atom. The van der Waals surface area contributed by atoms with Crippen molar-refractivity contribution in [2.45, 2.75) is 51.9 Å². The maximum absolute atomic E-state index is 13.8. The predicted octanol–water partition coefficient (Wildman–Crippen LogP) is 5.46. The summed E-state index contributed by atoms with van der Waals surface area (Å²) in [7, 11) is 0. The lowest BCUT2D eigenvalue weighted by atomic mass is 9.76. The monoisotopic (exact) mass is 570 g/mol. The summed E-state index contributed by atoms with van der Waals surface area (Å²) in [6.07, 6.45) is -1.07. The Hall–Kier alpha value is -4.17. The minimum Gasteiger partial charge on any atom is -0.481 e. The van der Waals surface area contributed by atoms with Crippen molar-refractivity contribution in [1.29, 1.82) is 0 Å². The van der Waals surface area contributed by atoms with Crippen LogP contribution in [0.2, 0.25) is 0 Å². The number of nitrogens with zero attached hydrogens (tertiary/aromatic N) is 1. The molecule has 3 aromatic carbocycles. The first-order chi connectivity index (χ1) is 20.2. The van der Waals surface area contributed by atoms with Gasteiger partial charge >= 0.3 is 12.1 Å². The van der Waals surface area contributed by atoms with Crippen LogP contribution >= 0.6 is 0 Å². The van der Waals surface area contributed by atoms with Crippen molar-refractivity contribution in [2.75, 3.05) is 19.7 Å². The third-order valence-corrected chi connectivity index (χ3v) is 8.85. The molecule has 0 aromatic heterocycles. The summed E-state index contributed by atoms with van der Waals surface area (Å²) in [6.45, 7) is 6.19. The van der Waals surface area contributed by atoms with E-state index in [0.29, 0.717) is 6.42 Å². The standard InChI is InChI=1S/C34H38N2O6/c1-22(2)34(32(38)39)17-18-36(21-34)31(37)30(23(3)41-19-24-11-5-4-6-12-24)35-33(40)42-20-29-27-15-9-7-13-25(27)26-14-8-10-16-28(26)29/h4-16,22-23,29-30H,17-21H2,1-3H3,(H,35,40)(H,38,39)/t23-,30+,34?/m0/s1. The van der Waals surface area contributed by atoms with E-state index < -0.39 is 29.6 Å². The second-order valence-electron chi connectivity index (χ2n) is 11.6. The molecule has 0 radical (unpaired) electrons. The number of hydrogen-bond acceptors (Lipinski definition) is 5. The number of nitrogens with one attached hydrogen (secondary N) is 1. The fourth-order valence-corrected chi connectivity index (χ4v) is 6.16. The molecule has 0 bridgehead atoms. The van der Waals surface area contributed by atoms with E-state index in [2.05, 4.69) is 17.4 Å². The Morgan fingerprint density at radius 3 is 2.10 bits per heavy atom. The summed E-state index contributed by atoms with van der Waals surface area (Å²) >= 11 is 0. The SMILES string of the molecule is CC(C)C1(C(=O)O)CCN(C(=O)[C@H](NC(=O)OCC2c3ccccc3-c3ccccc32)[C@H](C)OCc2ccccc2)C1. The van der Waals surface area contributed by atoms with Crippen LogP contribution in [0.25, 0.3) is 11.1 Å². The molecule has 2 N–H and O–H groups in total. The molecule has 2 aliphatic rings. The van der Waals surface area contributed by atoms with E-state index in [-0.39, 0.29) is 44.0 Å². The Morgan fingerprint density at radius 2 is 1.52 bits per heavy atom. The fraction of sp³-hybridized carbons (Fsp3) is 0.382. The second kappa shape index (κ2) is 12.4. The van der Waals surface area contributed by atoms with Crippen molar-refractivity contribution in [2.24, 2.45) is 11.3 Å². The molecule has 3 aromatic rings. The van der Waals surface area contributed by atoms with Crippen molar-refractivity contribution in [1.82, 2.24) is 10.2 Å². The number of hydrogen-bond donors (Lipinski definition) is 2.